The molecule has 18 heavy (non-hydrogen) atoms. The van der Waals surface area contributed by atoms with Crippen LogP contribution >= 0.6 is 0 Å². The van der Waals surface area contributed by atoms with Gasteiger partial charge >= 0.3 is 0 Å². The predicted molar refractivity (Wildman–Crippen MR) is 74.1 cm³/mol. The van der Waals surface area contributed by atoms with E-state index in [0.29, 0.717) is 6.54 Å². The number of benzene rings is 1. The lowest BCUT2D eigenvalue weighted by atomic mass is 10.1. The van der Waals surface area contributed by atoms with Gasteiger partial charge in [-0.25, -0.2) is 0 Å². The van der Waals surface area contributed by atoms with Crippen molar-refractivity contribution in [2.75, 3.05) is 0 Å². The normalized spacial score (nSPS) is 11.7. The zero-order valence-electron chi connectivity index (χ0n) is 11.2. The lowest BCUT2D eigenvalue weighted by Crippen LogP contribution is -2.34. The average Bonchev–Trinajstić information content (AvgIpc) is 2.65. The van der Waals surface area contributed by atoms with E-state index in [-0.39, 0.29) is 5.54 Å². The lowest BCUT2D eigenvalue weighted by Gasteiger charge is -2.20. The summed E-state index contributed by atoms with van der Waals surface area (Å²) >= 11 is 0. The molecule has 0 atom stereocenters. The summed E-state index contributed by atoms with van der Waals surface area (Å²) in [4.78, 5) is 0. The molecule has 0 aliphatic heterocycles. The average molecular weight is 241 g/mol. The highest BCUT2D eigenvalue weighted by Crippen LogP contribution is 2.21. The molecule has 0 radical (unpaired) electrons. The van der Waals surface area contributed by atoms with E-state index in [1.807, 2.05) is 16.7 Å². The molecule has 0 amide bonds. The highest BCUT2D eigenvalue weighted by molar-refractivity contribution is 5.84. The van der Waals surface area contributed by atoms with E-state index in [0.717, 1.165) is 12.1 Å². The van der Waals surface area contributed by atoms with Crippen LogP contribution in [0.3, 0.4) is 0 Å². The molecule has 3 nitrogen and oxygen atoms in total. The molecular formula is C15H19N3. The van der Waals surface area contributed by atoms with Crippen LogP contribution in [-0.2, 0) is 13.1 Å². The summed E-state index contributed by atoms with van der Waals surface area (Å²) in [5, 5.41) is 13.6. The third kappa shape index (κ3) is 2.72. The second-order valence-corrected chi connectivity index (χ2v) is 5.56. The first kappa shape index (κ1) is 12.7. The van der Waals surface area contributed by atoms with Gasteiger partial charge in [-0.2, -0.15) is 5.26 Å². The number of fused-ring (bicyclic) bond motifs is 1. The molecule has 0 fully saturated rings. The van der Waals surface area contributed by atoms with E-state index in [1.54, 1.807) is 0 Å². The van der Waals surface area contributed by atoms with Crippen molar-refractivity contribution in [3.05, 3.63) is 36.0 Å². The minimum atomic E-state index is 0.0957. The topological polar surface area (TPSA) is 40.8 Å². The van der Waals surface area contributed by atoms with Crippen molar-refractivity contribution in [2.24, 2.45) is 0 Å². The van der Waals surface area contributed by atoms with Crippen LogP contribution in [0.25, 0.3) is 10.9 Å². The largest absolute Gasteiger partial charge is 0.333 e. The Morgan fingerprint density at radius 3 is 2.67 bits per heavy atom. The molecule has 2 aromatic rings. The van der Waals surface area contributed by atoms with Gasteiger partial charge in [0, 0.05) is 29.2 Å². The third-order valence-electron chi connectivity index (χ3n) is 2.92. The number of hydrogen-bond donors (Lipinski definition) is 1. The van der Waals surface area contributed by atoms with Crippen LogP contribution in [-0.4, -0.2) is 10.1 Å². The molecule has 3 heteroatoms. The second kappa shape index (κ2) is 4.83. The van der Waals surface area contributed by atoms with E-state index >= 15 is 0 Å². The Bertz CT molecular complexity index is 582. The lowest BCUT2D eigenvalue weighted by molar-refractivity contribution is 0.425. The molecule has 94 valence electrons. The Kier molecular flexibility index (Phi) is 3.40. The fourth-order valence-corrected chi connectivity index (χ4v) is 2.03. The summed E-state index contributed by atoms with van der Waals surface area (Å²) in [6.45, 7) is 7.68. The van der Waals surface area contributed by atoms with Crippen LogP contribution in [0.1, 0.15) is 26.3 Å². The molecular weight excluding hydrogens is 222 g/mol. The number of hydrogen-bond acceptors (Lipinski definition) is 2. The number of nitrogens with one attached hydrogen (secondary N) is 1. The fraction of sp³-hybridized carbons (Fsp3) is 0.400. The molecule has 0 saturated carbocycles. The van der Waals surface area contributed by atoms with E-state index in [2.05, 4.69) is 50.5 Å². The maximum atomic E-state index is 8.86. The standard InChI is InChI=1S/C15H19N3/c1-15(2,3)17-10-12-11-18(9-8-16)14-7-5-4-6-13(12)14/h4-7,11,17H,9-10H2,1-3H3. The third-order valence-corrected chi connectivity index (χ3v) is 2.92. The van der Waals surface area contributed by atoms with Gasteiger partial charge < -0.3 is 9.88 Å². The van der Waals surface area contributed by atoms with Crippen LogP contribution in [0.15, 0.2) is 30.5 Å². The van der Waals surface area contributed by atoms with Crippen molar-refractivity contribution in [2.45, 2.75) is 39.4 Å². The van der Waals surface area contributed by atoms with Crippen LogP contribution in [0.4, 0.5) is 0 Å². The summed E-state index contributed by atoms with van der Waals surface area (Å²) in [6.07, 6.45) is 2.08. The minimum Gasteiger partial charge on any atom is -0.333 e. The molecule has 1 N–H and O–H groups in total. The monoisotopic (exact) mass is 241 g/mol. The SMILES string of the molecule is CC(C)(C)NCc1cn(CC#N)c2ccccc12. The van der Waals surface area contributed by atoms with Gasteiger partial charge in [0.1, 0.15) is 6.54 Å². The van der Waals surface area contributed by atoms with Crippen LogP contribution in [0.5, 0.6) is 0 Å². The van der Waals surface area contributed by atoms with Crippen molar-refractivity contribution in [3.8, 4) is 6.07 Å². The maximum absolute atomic E-state index is 8.86. The Hall–Kier alpha value is -1.79. The summed E-state index contributed by atoms with van der Waals surface area (Å²) in [5.41, 5.74) is 2.47. The minimum absolute atomic E-state index is 0.0957. The molecule has 2 rings (SSSR count). The van der Waals surface area contributed by atoms with E-state index < -0.39 is 0 Å². The maximum Gasteiger partial charge on any atom is 0.110 e. The molecule has 1 aromatic heterocycles. The van der Waals surface area contributed by atoms with Crippen molar-refractivity contribution < 1.29 is 0 Å². The van der Waals surface area contributed by atoms with Gasteiger partial charge in [-0.15, -0.1) is 0 Å². The van der Waals surface area contributed by atoms with Crippen molar-refractivity contribution in [3.63, 3.8) is 0 Å². The summed E-state index contributed by atoms with van der Waals surface area (Å²) in [5.74, 6) is 0. The number of para-hydroxylation sites is 1. The second-order valence-electron chi connectivity index (χ2n) is 5.56. The van der Waals surface area contributed by atoms with Gasteiger partial charge in [0.15, 0.2) is 0 Å². The first-order valence-corrected chi connectivity index (χ1v) is 6.20. The Morgan fingerprint density at radius 2 is 2.00 bits per heavy atom. The molecule has 0 spiro atoms. The number of nitriles is 1. The first-order chi connectivity index (χ1) is 8.51. The van der Waals surface area contributed by atoms with Crippen LogP contribution in [0, 0.1) is 11.3 Å². The zero-order valence-corrected chi connectivity index (χ0v) is 11.2. The summed E-state index contributed by atoms with van der Waals surface area (Å²) < 4.78 is 2.01. The summed E-state index contributed by atoms with van der Waals surface area (Å²) in [6, 6.07) is 10.4. The number of aromatic nitrogens is 1. The van der Waals surface area contributed by atoms with E-state index in [9.17, 15) is 0 Å². The van der Waals surface area contributed by atoms with Crippen molar-refractivity contribution >= 4 is 10.9 Å². The Balaban J connectivity index is 2.36. The smallest absolute Gasteiger partial charge is 0.110 e. The molecule has 0 unspecified atom stereocenters. The quantitative estimate of drug-likeness (QED) is 0.897. The van der Waals surface area contributed by atoms with Gasteiger partial charge in [0.2, 0.25) is 0 Å². The first-order valence-electron chi connectivity index (χ1n) is 6.20. The highest BCUT2D eigenvalue weighted by Gasteiger charge is 2.12. The van der Waals surface area contributed by atoms with E-state index in [4.69, 9.17) is 5.26 Å². The van der Waals surface area contributed by atoms with Gasteiger partial charge in [-0.05, 0) is 32.4 Å². The Labute approximate surface area is 108 Å². The van der Waals surface area contributed by atoms with Gasteiger partial charge in [-0.3, -0.25) is 0 Å². The number of nitrogens with zero attached hydrogens (tertiary/aromatic N) is 2. The van der Waals surface area contributed by atoms with Gasteiger partial charge in [0.25, 0.3) is 0 Å². The molecule has 0 aliphatic rings. The molecule has 1 heterocycles. The molecule has 1 aromatic carbocycles. The fourth-order valence-electron chi connectivity index (χ4n) is 2.03. The number of rotatable bonds is 3. The van der Waals surface area contributed by atoms with Crippen LogP contribution < -0.4 is 5.32 Å². The Morgan fingerprint density at radius 1 is 1.28 bits per heavy atom. The van der Waals surface area contributed by atoms with E-state index in [1.165, 1.54) is 10.9 Å². The van der Waals surface area contributed by atoms with Crippen molar-refractivity contribution in [1.29, 1.82) is 5.26 Å². The van der Waals surface area contributed by atoms with Gasteiger partial charge in [0.05, 0.1) is 6.07 Å². The van der Waals surface area contributed by atoms with Gasteiger partial charge in [-0.1, -0.05) is 18.2 Å². The highest BCUT2D eigenvalue weighted by atomic mass is 15.0. The van der Waals surface area contributed by atoms with Crippen molar-refractivity contribution in [1.82, 2.24) is 9.88 Å². The van der Waals surface area contributed by atoms with Crippen LogP contribution in [0.2, 0.25) is 0 Å². The zero-order chi connectivity index (χ0) is 13.2. The molecule has 0 saturated heterocycles. The summed E-state index contributed by atoms with van der Waals surface area (Å²) in [7, 11) is 0. The molecule has 0 aliphatic carbocycles. The predicted octanol–water partition coefficient (Wildman–Crippen LogP) is 3.05. The molecule has 0 bridgehead atoms.